The largest absolute Gasteiger partial charge is 0.493 e. The van der Waals surface area contributed by atoms with E-state index in [2.05, 4.69) is 5.32 Å². The molecular formula is C12H17N3O4. The number of ether oxygens (including phenoxy) is 2. The van der Waals surface area contributed by atoms with E-state index in [1.807, 2.05) is 17.4 Å². The molecule has 0 saturated heterocycles. The van der Waals surface area contributed by atoms with Gasteiger partial charge in [-0.25, -0.2) is 4.79 Å². The topological polar surface area (TPSA) is 103 Å². The molecule has 0 atom stereocenters. The van der Waals surface area contributed by atoms with E-state index in [0.29, 0.717) is 18.0 Å². The van der Waals surface area contributed by atoms with Crippen LogP contribution in [0.4, 0.5) is 4.79 Å². The number of carbonyl (C=O) groups excluding carboxylic acids is 2. The van der Waals surface area contributed by atoms with E-state index >= 15 is 0 Å². The molecule has 19 heavy (non-hydrogen) atoms. The number of rotatable bonds is 6. The highest BCUT2D eigenvalue weighted by Crippen LogP contribution is 2.30. The molecule has 7 heteroatoms. The average molecular weight is 267 g/mol. The van der Waals surface area contributed by atoms with E-state index in [0.717, 1.165) is 5.56 Å². The van der Waals surface area contributed by atoms with Crippen molar-refractivity contribution < 1.29 is 19.1 Å². The number of hydrogen-bond donors (Lipinski definition) is 3. The summed E-state index contributed by atoms with van der Waals surface area (Å²) in [6, 6.07) is 4.48. The van der Waals surface area contributed by atoms with Crippen molar-refractivity contribution in [1.29, 1.82) is 0 Å². The van der Waals surface area contributed by atoms with Gasteiger partial charge in [-0.2, -0.15) is 0 Å². The fourth-order valence-electron chi connectivity index (χ4n) is 1.53. The molecule has 0 aliphatic heterocycles. The van der Waals surface area contributed by atoms with Gasteiger partial charge in [0.2, 0.25) is 0 Å². The van der Waals surface area contributed by atoms with Crippen LogP contribution in [0.5, 0.6) is 11.5 Å². The van der Waals surface area contributed by atoms with Crippen LogP contribution >= 0.6 is 0 Å². The van der Waals surface area contributed by atoms with Gasteiger partial charge in [-0.05, 0) is 13.1 Å². The summed E-state index contributed by atoms with van der Waals surface area (Å²) in [5, 5.41) is 4.91. The highest BCUT2D eigenvalue weighted by atomic mass is 16.5. The third-order valence-electron chi connectivity index (χ3n) is 2.26. The van der Waals surface area contributed by atoms with Crippen molar-refractivity contribution in [2.75, 3.05) is 20.8 Å². The number of methoxy groups -OCH3 is 1. The van der Waals surface area contributed by atoms with E-state index in [1.165, 1.54) is 7.11 Å². The molecule has 104 valence electrons. The Morgan fingerprint density at radius 2 is 2.11 bits per heavy atom. The highest BCUT2D eigenvalue weighted by molar-refractivity contribution is 5.94. The van der Waals surface area contributed by atoms with E-state index in [9.17, 15) is 9.59 Å². The maximum atomic E-state index is 11.3. The number of nitrogens with two attached hydrogens (primary N) is 1. The minimum Gasteiger partial charge on any atom is -0.493 e. The zero-order valence-corrected chi connectivity index (χ0v) is 10.9. The molecule has 0 unspecified atom stereocenters. The predicted molar refractivity (Wildman–Crippen MR) is 69.0 cm³/mol. The van der Waals surface area contributed by atoms with Gasteiger partial charge in [0.05, 0.1) is 7.11 Å². The van der Waals surface area contributed by atoms with Crippen molar-refractivity contribution in [2.24, 2.45) is 5.73 Å². The lowest BCUT2D eigenvalue weighted by molar-refractivity contribution is -0.121. The molecule has 0 fully saturated rings. The molecule has 0 heterocycles. The molecule has 0 radical (unpaired) electrons. The first-order valence-electron chi connectivity index (χ1n) is 5.61. The summed E-state index contributed by atoms with van der Waals surface area (Å²) in [5.41, 5.74) is 5.68. The Kier molecular flexibility index (Phi) is 5.62. The van der Waals surface area contributed by atoms with Crippen molar-refractivity contribution in [3.8, 4) is 11.5 Å². The van der Waals surface area contributed by atoms with Gasteiger partial charge < -0.3 is 20.5 Å². The fraction of sp³-hybridized carbons (Fsp3) is 0.333. The van der Waals surface area contributed by atoms with Gasteiger partial charge in [0.1, 0.15) is 0 Å². The zero-order chi connectivity index (χ0) is 14.3. The second-order valence-electron chi connectivity index (χ2n) is 3.68. The van der Waals surface area contributed by atoms with Crippen LogP contribution in [0.2, 0.25) is 0 Å². The monoisotopic (exact) mass is 267 g/mol. The maximum absolute atomic E-state index is 11.3. The molecule has 0 saturated carbocycles. The minimum atomic E-state index is -0.913. The fourth-order valence-corrected chi connectivity index (χ4v) is 1.53. The van der Waals surface area contributed by atoms with Gasteiger partial charge in [0, 0.05) is 12.1 Å². The van der Waals surface area contributed by atoms with Crippen LogP contribution in [0.25, 0.3) is 0 Å². The molecule has 1 aromatic rings. The van der Waals surface area contributed by atoms with E-state index in [1.54, 1.807) is 13.1 Å². The van der Waals surface area contributed by atoms with Crippen LogP contribution in [0, 0.1) is 0 Å². The molecular weight excluding hydrogens is 250 g/mol. The molecule has 1 rings (SSSR count). The smallest absolute Gasteiger partial charge is 0.318 e. The summed E-state index contributed by atoms with van der Waals surface area (Å²) in [7, 11) is 3.30. The number of nitrogens with one attached hydrogen (secondary N) is 2. The number of para-hydroxylation sites is 1. The van der Waals surface area contributed by atoms with Gasteiger partial charge in [-0.15, -0.1) is 0 Å². The molecule has 4 N–H and O–H groups in total. The Hall–Kier alpha value is -2.28. The Bertz CT molecular complexity index is 462. The Labute approximate surface area is 111 Å². The molecule has 7 nitrogen and oxygen atoms in total. The Morgan fingerprint density at radius 3 is 2.68 bits per heavy atom. The van der Waals surface area contributed by atoms with Crippen LogP contribution < -0.4 is 25.8 Å². The quantitative estimate of drug-likeness (QED) is 0.672. The number of amides is 3. The van der Waals surface area contributed by atoms with Gasteiger partial charge >= 0.3 is 6.03 Å². The van der Waals surface area contributed by atoms with Crippen LogP contribution in [0.15, 0.2) is 18.2 Å². The molecule has 3 amide bonds. The van der Waals surface area contributed by atoms with Crippen LogP contribution in [-0.4, -0.2) is 32.7 Å². The Balaban J connectivity index is 2.80. The second kappa shape index (κ2) is 7.22. The number of primary amides is 1. The number of hydrogen-bond acceptors (Lipinski definition) is 5. The lowest BCUT2D eigenvalue weighted by Crippen LogP contribution is -2.38. The average Bonchev–Trinajstić information content (AvgIpc) is 2.36. The SMILES string of the molecule is CNCc1cccc(OC)c1OCC(=O)NC(N)=O. The predicted octanol–water partition coefficient (Wildman–Crippen LogP) is -0.0117. The maximum Gasteiger partial charge on any atom is 0.318 e. The summed E-state index contributed by atoms with van der Waals surface area (Å²) in [5.74, 6) is 0.354. The lowest BCUT2D eigenvalue weighted by Gasteiger charge is -2.14. The third-order valence-corrected chi connectivity index (χ3v) is 2.26. The van der Waals surface area contributed by atoms with Crippen molar-refractivity contribution in [3.63, 3.8) is 0 Å². The molecule has 0 aliphatic rings. The highest BCUT2D eigenvalue weighted by Gasteiger charge is 2.12. The first-order chi connectivity index (χ1) is 9.08. The lowest BCUT2D eigenvalue weighted by atomic mass is 10.2. The summed E-state index contributed by atoms with van der Waals surface area (Å²) in [4.78, 5) is 21.8. The summed E-state index contributed by atoms with van der Waals surface area (Å²) in [6.45, 7) is 0.240. The van der Waals surface area contributed by atoms with Crippen molar-refractivity contribution in [3.05, 3.63) is 23.8 Å². The van der Waals surface area contributed by atoms with Gasteiger partial charge in [-0.1, -0.05) is 12.1 Å². The summed E-state index contributed by atoms with van der Waals surface area (Å²) in [6.07, 6.45) is 0. The summed E-state index contributed by atoms with van der Waals surface area (Å²) < 4.78 is 10.6. The van der Waals surface area contributed by atoms with E-state index in [-0.39, 0.29) is 6.61 Å². The molecule has 0 bridgehead atoms. The number of benzene rings is 1. The van der Waals surface area contributed by atoms with Crippen molar-refractivity contribution in [2.45, 2.75) is 6.54 Å². The van der Waals surface area contributed by atoms with Crippen molar-refractivity contribution in [1.82, 2.24) is 10.6 Å². The van der Waals surface area contributed by atoms with Crippen molar-refractivity contribution >= 4 is 11.9 Å². The molecule has 0 spiro atoms. The van der Waals surface area contributed by atoms with E-state index < -0.39 is 11.9 Å². The standard InChI is InChI=1S/C12H17N3O4/c1-14-6-8-4-3-5-9(18-2)11(8)19-7-10(16)15-12(13)17/h3-5,14H,6-7H2,1-2H3,(H3,13,15,16,17). The number of urea groups is 1. The summed E-state index contributed by atoms with van der Waals surface area (Å²) >= 11 is 0. The van der Waals surface area contributed by atoms with Crippen LogP contribution in [0.1, 0.15) is 5.56 Å². The van der Waals surface area contributed by atoms with E-state index in [4.69, 9.17) is 15.2 Å². The second-order valence-corrected chi connectivity index (χ2v) is 3.68. The van der Waals surface area contributed by atoms with Crippen LogP contribution in [-0.2, 0) is 11.3 Å². The third kappa shape index (κ3) is 4.47. The molecule has 0 aromatic heterocycles. The normalized spacial score (nSPS) is 9.79. The zero-order valence-electron chi connectivity index (χ0n) is 10.9. The van der Waals surface area contributed by atoms with Gasteiger partial charge in [-0.3, -0.25) is 10.1 Å². The molecule has 1 aromatic carbocycles. The first kappa shape index (κ1) is 14.8. The van der Waals surface area contributed by atoms with Gasteiger partial charge in [0.25, 0.3) is 5.91 Å². The molecule has 0 aliphatic carbocycles. The first-order valence-corrected chi connectivity index (χ1v) is 5.61. The Morgan fingerprint density at radius 1 is 1.37 bits per heavy atom. The minimum absolute atomic E-state index is 0.319. The van der Waals surface area contributed by atoms with Gasteiger partial charge in [0.15, 0.2) is 18.1 Å². The number of carbonyl (C=O) groups is 2. The number of imide groups is 1. The van der Waals surface area contributed by atoms with Crippen LogP contribution in [0.3, 0.4) is 0 Å².